The number of carbonyl (C=O) groups is 2. The van der Waals surface area contributed by atoms with Crippen molar-refractivity contribution in [1.82, 2.24) is 5.32 Å². The summed E-state index contributed by atoms with van der Waals surface area (Å²) in [5, 5.41) is 14.5. The summed E-state index contributed by atoms with van der Waals surface area (Å²) in [6.07, 6.45) is 0.252. The van der Waals surface area contributed by atoms with Crippen LogP contribution in [0.2, 0.25) is 5.02 Å². The first kappa shape index (κ1) is 16.1. The van der Waals surface area contributed by atoms with Crippen LogP contribution in [0.3, 0.4) is 0 Å². The molecular formula is C13H17ClN2O4. The summed E-state index contributed by atoms with van der Waals surface area (Å²) in [6, 6.07) is 4.10. The van der Waals surface area contributed by atoms with E-state index >= 15 is 0 Å². The second kappa shape index (κ2) is 6.47. The van der Waals surface area contributed by atoms with Crippen molar-refractivity contribution in [2.45, 2.75) is 25.8 Å². The molecule has 0 heterocycles. The minimum atomic E-state index is -1.34. The minimum Gasteiger partial charge on any atom is -0.495 e. The predicted octanol–water partition coefficient (Wildman–Crippen LogP) is 2.72. The van der Waals surface area contributed by atoms with E-state index < -0.39 is 17.5 Å². The minimum absolute atomic E-state index is 0.252. The molecular weight excluding hydrogens is 284 g/mol. The molecule has 0 bridgehead atoms. The van der Waals surface area contributed by atoms with Crippen molar-refractivity contribution in [3.05, 3.63) is 23.2 Å². The largest absolute Gasteiger partial charge is 0.495 e. The smallest absolute Gasteiger partial charge is 0.329 e. The molecule has 0 radical (unpaired) electrons. The van der Waals surface area contributed by atoms with Gasteiger partial charge in [0.05, 0.1) is 12.8 Å². The monoisotopic (exact) mass is 300 g/mol. The van der Waals surface area contributed by atoms with Crippen LogP contribution in [0.1, 0.15) is 20.3 Å². The second-order valence-electron chi connectivity index (χ2n) is 4.41. The lowest BCUT2D eigenvalue weighted by atomic mass is 10.00. The van der Waals surface area contributed by atoms with Gasteiger partial charge < -0.3 is 20.5 Å². The van der Waals surface area contributed by atoms with Gasteiger partial charge in [0, 0.05) is 5.02 Å². The maximum atomic E-state index is 11.9. The van der Waals surface area contributed by atoms with E-state index in [1.165, 1.54) is 20.1 Å². The van der Waals surface area contributed by atoms with E-state index in [9.17, 15) is 9.59 Å². The molecule has 0 aliphatic carbocycles. The van der Waals surface area contributed by atoms with Crippen LogP contribution >= 0.6 is 11.6 Å². The number of rotatable bonds is 5. The Bertz CT molecular complexity index is 521. The normalized spacial score (nSPS) is 13.2. The number of hydrogen-bond donors (Lipinski definition) is 3. The third-order valence-corrected chi connectivity index (χ3v) is 3.21. The summed E-state index contributed by atoms with van der Waals surface area (Å²) in [5.74, 6) is -0.675. The number of benzene rings is 1. The summed E-state index contributed by atoms with van der Waals surface area (Å²) in [6.45, 7) is 3.11. The van der Waals surface area contributed by atoms with E-state index in [0.717, 1.165) is 0 Å². The molecule has 0 aromatic heterocycles. The van der Waals surface area contributed by atoms with E-state index in [4.69, 9.17) is 21.4 Å². The molecule has 20 heavy (non-hydrogen) atoms. The zero-order valence-corrected chi connectivity index (χ0v) is 12.2. The maximum Gasteiger partial charge on any atom is 0.329 e. The Morgan fingerprint density at radius 1 is 1.45 bits per heavy atom. The molecule has 0 fully saturated rings. The van der Waals surface area contributed by atoms with Gasteiger partial charge in [-0.15, -0.1) is 0 Å². The molecule has 110 valence electrons. The number of ether oxygens (including phenoxy) is 1. The van der Waals surface area contributed by atoms with Crippen molar-refractivity contribution in [3.63, 3.8) is 0 Å². The number of carboxylic acid groups (broad SMARTS) is 1. The lowest BCUT2D eigenvalue weighted by molar-refractivity contribution is -0.143. The number of amides is 2. The van der Waals surface area contributed by atoms with Crippen LogP contribution < -0.4 is 15.4 Å². The van der Waals surface area contributed by atoms with Crippen LogP contribution in [-0.2, 0) is 4.79 Å². The number of urea groups is 1. The van der Waals surface area contributed by atoms with Crippen molar-refractivity contribution in [2.75, 3.05) is 12.4 Å². The van der Waals surface area contributed by atoms with E-state index in [-0.39, 0.29) is 6.42 Å². The highest BCUT2D eigenvalue weighted by Gasteiger charge is 2.32. The van der Waals surface area contributed by atoms with Crippen LogP contribution in [0.15, 0.2) is 18.2 Å². The molecule has 3 N–H and O–H groups in total. The Kier molecular flexibility index (Phi) is 5.21. The fourth-order valence-electron chi connectivity index (χ4n) is 1.48. The van der Waals surface area contributed by atoms with Gasteiger partial charge in [0.15, 0.2) is 0 Å². The number of methoxy groups -OCH3 is 1. The maximum absolute atomic E-state index is 11.9. The van der Waals surface area contributed by atoms with E-state index in [1.807, 2.05) is 0 Å². The molecule has 1 aromatic rings. The van der Waals surface area contributed by atoms with Crippen LogP contribution in [0.4, 0.5) is 10.5 Å². The molecule has 1 atom stereocenters. The number of anilines is 1. The van der Waals surface area contributed by atoms with E-state index in [1.54, 1.807) is 19.1 Å². The van der Waals surface area contributed by atoms with Gasteiger partial charge >= 0.3 is 12.0 Å². The average molecular weight is 301 g/mol. The standard InChI is InChI=1S/C13H17ClN2O4/c1-4-13(2,11(17)18)16-12(19)15-9-7-8(14)5-6-10(9)20-3/h5-7H,4H2,1-3H3,(H,17,18)(H2,15,16,19). The Morgan fingerprint density at radius 3 is 2.60 bits per heavy atom. The lowest BCUT2D eigenvalue weighted by Gasteiger charge is -2.24. The van der Waals surface area contributed by atoms with Crippen molar-refractivity contribution in [1.29, 1.82) is 0 Å². The molecule has 6 nitrogen and oxygen atoms in total. The summed E-state index contributed by atoms with van der Waals surface area (Å²) < 4.78 is 5.09. The average Bonchev–Trinajstić information content (AvgIpc) is 2.38. The number of nitrogens with one attached hydrogen (secondary N) is 2. The van der Waals surface area contributed by atoms with E-state index in [0.29, 0.717) is 16.5 Å². The van der Waals surface area contributed by atoms with Crippen molar-refractivity contribution in [2.24, 2.45) is 0 Å². The number of carbonyl (C=O) groups excluding carboxylic acids is 1. The summed E-state index contributed by atoms with van der Waals surface area (Å²) in [4.78, 5) is 23.0. The number of carboxylic acids is 1. The van der Waals surface area contributed by atoms with Gasteiger partial charge in [-0.05, 0) is 31.5 Å². The Labute approximate surface area is 122 Å². The molecule has 1 unspecified atom stereocenters. The lowest BCUT2D eigenvalue weighted by Crippen LogP contribution is -2.53. The summed E-state index contributed by atoms with van der Waals surface area (Å²) in [7, 11) is 1.46. The predicted molar refractivity (Wildman–Crippen MR) is 76.5 cm³/mol. The van der Waals surface area contributed by atoms with Crippen molar-refractivity contribution in [3.8, 4) is 5.75 Å². The third-order valence-electron chi connectivity index (χ3n) is 2.98. The molecule has 0 aliphatic heterocycles. The molecule has 0 aliphatic rings. The molecule has 0 saturated carbocycles. The van der Waals surface area contributed by atoms with Crippen LogP contribution in [0, 0.1) is 0 Å². The fraction of sp³-hybridized carbons (Fsp3) is 0.385. The molecule has 1 aromatic carbocycles. The molecule has 0 spiro atoms. The van der Waals surface area contributed by atoms with Gasteiger partial charge in [-0.3, -0.25) is 0 Å². The molecule has 1 rings (SSSR count). The number of hydrogen-bond acceptors (Lipinski definition) is 3. The van der Waals surface area contributed by atoms with Gasteiger partial charge in [0.25, 0.3) is 0 Å². The fourth-order valence-corrected chi connectivity index (χ4v) is 1.65. The van der Waals surface area contributed by atoms with Crippen molar-refractivity contribution < 1.29 is 19.4 Å². The summed E-state index contributed by atoms with van der Waals surface area (Å²) >= 11 is 5.85. The highest BCUT2D eigenvalue weighted by Crippen LogP contribution is 2.27. The Hall–Kier alpha value is -1.95. The van der Waals surface area contributed by atoms with E-state index in [2.05, 4.69) is 10.6 Å². The van der Waals surface area contributed by atoms with Gasteiger partial charge in [-0.25, -0.2) is 9.59 Å². The first-order valence-electron chi connectivity index (χ1n) is 5.98. The van der Waals surface area contributed by atoms with Gasteiger partial charge in [-0.1, -0.05) is 18.5 Å². The molecule has 2 amide bonds. The molecule has 0 saturated heterocycles. The second-order valence-corrected chi connectivity index (χ2v) is 4.85. The topological polar surface area (TPSA) is 87.7 Å². The zero-order chi connectivity index (χ0) is 15.3. The summed E-state index contributed by atoms with van der Waals surface area (Å²) in [5.41, 5.74) is -0.975. The SMILES string of the molecule is CCC(C)(NC(=O)Nc1cc(Cl)ccc1OC)C(=O)O. The third kappa shape index (κ3) is 3.77. The number of halogens is 1. The Balaban J connectivity index is 2.86. The zero-order valence-electron chi connectivity index (χ0n) is 11.5. The van der Waals surface area contributed by atoms with Gasteiger partial charge in [0.2, 0.25) is 0 Å². The highest BCUT2D eigenvalue weighted by atomic mass is 35.5. The first-order chi connectivity index (χ1) is 9.32. The number of aliphatic carboxylic acids is 1. The van der Waals surface area contributed by atoms with Gasteiger partial charge in [0.1, 0.15) is 11.3 Å². The van der Waals surface area contributed by atoms with Crippen LogP contribution in [0.25, 0.3) is 0 Å². The highest BCUT2D eigenvalue weighted by molar-refractivity contribution is 6.31. The first-order valence-corrected chi connectivity index (χ1v) is 6.36. The Morgan fingerprint density at radius 2 is 2.10 bits per heavy atom. The van der Waals surface area contributed by atoms with Crippen molar-refractivity contribution >= 4 is 29.3 Å². The quantitative estimate of drug-likeness (QED) is 0.780. The van der Waals surface area contributed by atoms with Gasteiger partial charge in [-0.2, -0.15) is 0 Å². The molecule has 7 heteroatoms. The van der Waals surface area contributed by atoms with Crippen LogP contribution in [0.5, 0.6) is 5.75 Å². The van der Waals surface area contributed by atoms with Crippen LogP contribution in [-0.4, -0.2) is 29.8 Å².